The summed E-state index contributed by atoms with van der Waals surface area (Å²) in [6, 6.07) is 16.1. The van der Waals surface area contributed by atoms with Crippen molar-refractivity contribution in [3.05, 3.63) is 70.1 Å². The zero-order valence-corrected chi connectivity index (χ0v) is 13.3. The van der Waals surface area contributed by atoms with Crippen molar-refractivity contribution in [1.82, 2.24) is 14.9 Å². The summed E-state index contributed by atoms with van der Waals surface area (Å²) in [6.45, 7) is 1.49. The molecule has 0 aliphatic carbocycles. The largest absolute Gasteiger partial charge is 0.326 e. The second-order valence-corrected chi connectivity index (χ2v) is 5.17. The first kappa shape index (κ1) is 16.3. The van der Waals surface area contributed by atoms with E-state index in [1.807, 2.05) is 49.5 Å². The molecule has 4 nitrogen and oxygen atoms in total. The van der Waals surface area contributed by atoms with E-state index in [2.05, 4.69) is 16.4 Å². The number of imidazole rings is 1. The van der Waals surface area contributed by atoms with E-state index in [4.69, 9.17) is 0 Å². The Kier molecular flexibility index (Phi) is 5.41. The zero-order valence-electron chi connectivity index (χ0n) is 12.5. The molecule has 0 atom stereocenters. The van der Waals surface area contributed by atoms with E-state index in [1.54, 1.807) is 4.57 Å². The predicted molar refractivity (Wildman–Crippen MR) is 93.0 cm³/mol. The van der Waals surface area contributed by atoms with Gasteiger partial charge in [-0.05, 0) is 37.2 Å². The topological polar surface area (TPSA) is 49.8 Å². The number of H-pyrrole nitrogens is 1. The van der Waals surface area contributed by atoms with Gasteiger partial charge < -0.3 is 10.3 Å². The Morgan fingerprint density at radius 1 is 1.09 bits per heavy atom. The van der Waals surface area contributed by atoms with E-state index in [-0.39, 0.29) is 18.1 Å². The average molecular weight is 318 g/mol. The number of halogens is 1. The molecule has 0 saturated heterocycles. The minimum Gasteiger partial charge on any atom is -0.319 e. The van der Waals surface area contributed by atoms with Crippen LogP contribution in [0.15, 0.2) is 53.3 Å². The lowest BCUT2D eigenvalue weighted by atomic mass is 10.1. The van der Waals surface area contributed by atoms with Crippen molar-refractivity contribution >= 4 is 23.4 Å². The van der Waals surface area contributed by atoms with Gasteiger partial charge in [0.25, 0.3) is 0 Å². The van der Waals surface area contributed by atoms with Gasteiger partial charge >= 0.3 is 5.69 Å². The Bertz CT molecular complexity index is 793. The SMILES string of the molecule is CNCCc1cccc2c1[nH]c(=O)n2Cc1ccccc1.Cl. The molecule has 2 aromatic carbocycles. The zero-order chi connectivity index (χ0) is 14.7. The van der Waals surface area contributed by atoms with E-state index in [9.17, 15) is 4.79 Å². The van der Waals surface area contributed by atoms with Gasteiger partial charge in [0.15, 0.2) is 0 Å². The van der Waals surface area contributed by atoms with Crippen molar-refractivity contribution in [2.75, 3.05) is 13.6 Å². The van der Waals surface area contributed by atoms with Crippen molar-refractivity contribution in [1.29, 1.82) is 0 Å². The fraction of sp³-hybridized carbons (Fsp3) is 0.235. The number of para-hydroxylation sites is 1. The number of aromatic amines is 1. The molecule has 0 bridgehead atoms. The summed E-state index contributed by atoms with van der Waals surface area (Å²) in [5, 5.41) is 3.14. The standard InChI is InChI=1S/C17H19N3O.ClH/c1-18-11-10-14-8-5-9-15-16(14)19-17(21)20(15)12-13-6-3-2-4-7-13;/h2-9,18H,10-12H2,1H3,(H,19,21);1H. The van der Waals surface area contributed by atoms with Crippen molar-refractivity contribution in [2.45, 2.75) is 13.0 Å². The molecular formula is C17H20ClN3O. The molecule has 3 aromatic rings. The van der Waals surface area contributed by atoms with Gasteiger partial charge in [0.1, 0.15) is 0 Å². The third-order valence-electron chi connectivity index (χ3n) is 3.72. The maximum absolute atomic E-state index is 12.3. The van der Waals surface area contributed by atoms with E-state index in [0.717, 1.165) is 29.6 Å². The lowest BCUT2D eigenvalue weighted by Gasteiger charge is -2.05. The molecule has 0 radical (unpaired) electrons. The van der Waals surface area contributed by atoms with Crippen molar-refractivity contribution < 1.29 is 0 Å². The Morgan fingerprint density at radius 2 is 1.86 bits per heavy atom. The molecule has 3 rings (SSSR count). The summed E-state index contributed by atoms with van der Waals surface area (Å²) in [7, 11) is 1.93. The molecule has 2 N–H and O–H groups in total. The first-order valence-corrected chi connectivity index (χ1v) is 7.18. The minimum absolute atomic E-state index is 0. The number of nitrogens with zero attached hydrogens (tertiary/aromatic N) is 1. The van der Waals surface area contributed by atoms with Crippen LogP contribution in [-0.2, 0) is 13.0 Å². The number of nitrogens with one attached hydrogen (secondary N) is 2. The molecule has 0 aliphatic rings. The van der Waals surface area contributed by atoms with Gasteiger partial charge in [-0.25, -0.2) is 4.79 Å². The van der Waals surface area contributed by atoms with Gasteiger partial charge in [-0.15, -0.1) is 12.4 Å². The lowest BCUT2D eigenvalue weighted by Crippen LogP contribution is -2.17. The third kappa shape index (κ3) is 3.24. The van der Waals surface area contributed by atoms with Crippen LogP contribution in [-0.4, -0.2) is 23.1 Å². The van der Waals surface area contributed by atoms with Crippen LogP contribution >= 0.6 is 12.4 Å². The van der Waals surface area contributed by atoms with Crippen molar-refractivity contribution in [2.24, 2.45) is 0 Å². The third-order valence-corrected chi connectivity index (χ3v) is 3.72. The van der Waals surface area contributed by atoms with Gasteiger partial charge in [0, 0.05) is 0 Å². The summed E-state index contributed by atoms with van der Waals surface area (Å²) in [5.74, 6) is 0. The number of benzene rings is 2. The summed E-state index contributed by atoms with van der Waals surface area (Å²) in [6.07, 6.45) is 0.902. The van der Waals surface area contributed by atoms with E-state index >= 15 is 0 Å². The molecule has 1 aromatic heterocycles. The Balaban J connectivity index is 0.00000176. The van der Waals surface area contributed by atoms with Gasteiger partial charge in [-0.1, -0.05) is 42.5 Å². The highest BCUT2D eigenvalue weighted by atomic mass is 35.5. The number of rotatable bonds is 5. The molecule has 0 amide bonds. The quantitative estimate of drug-likeness (QED) is 0.760. The number of aromatic nitrogens is 2. The van der Waals surface area contributed by atoms with Crippen LogP contribution in [0.25, 0.3) is 11.0 Å². The molecule has 1 heterocycles. The molecule has 0 aliphatic heterocycles. The van der Waals surface area contributed by atoms with Gasteiger partial charge in [0.05, 0.1) is 17.6 Å². The first-order valence-electron chi connectivity index (χ1n) is 7.18. The van der Waals surface area contributed by atoms with E-state index in [0.29, 0.717) is 6.54 Å². The monoisotopic (exact) mass is 317 g/mol. The maximum atomic E-state index is 12.3. The number of likely N-dealkylation sites (N-methyl/N-ethyl adjacent to an activating group) is 1. The van der Waals surface area contributed by atoms with Gasteiger partial charge in [-0.3, -0.25) is 4.57 Å². The lowest BCUT2D eigenvalue weighted by molar-refractivity contribution is 0.787. The molecule has 0 saturated carbocycles. The minimum atomic E-state index is -0.0502. The van der Waals surface area contributed by atoms with Crippen LogP contribution in [0.1, 0.15) is 11.1 Å². The normalized spacial score (nSPS) is 10.6. The van der Waals surface area contributed by atoms with E-state index < -0.39 is 0 Å². The van der Waals surface area contributed by atoms with Crippen molar-refractivity contribution in [3.8, 4) is 0 Å². The van der Waals surface area contributed by atoms with Gasteiger partial charge in [-0.2, -0.15) is 0 Å². The number of hydrogen-bond acceptors (Lipinski definition) is 2. The fourth-order valence-electron chi connectivity index (χ4n) is 2.63. The van der Waals surface area contributed by atoms with Crippen LogP contribution in [0.3, 0.4) is 0 Å². The number of fused-ring (bicyclic) bond motifs is 1. The summed E-state index contributed by atoms with van der Waals surface area (Å²) < 4.78 is 1.80. The Labute approximate surface area is 135 Å². The molecule has 0 fully saturated rings. The molecule has 5 heteroatoms. The smallest absolute Gasteiger partial charge is 0.319 e. The summed E-state index contributed by atoms with van der Waals surface area (Å²) in [4.78, 5) is 15.3. The number of hydrogen-bond donors (Lipinski definition) is 2. The van der Waals surface area contributed by atoms with Crippen LogP contribution in [0.4, 0.5) is 0 Å². The first-order chi connectivity index (χ1) is 10.3. The summed E-state index contributed by atoms with van der Waals surface area (Å²) in [5.41, 5.74) is 4.17. The molecule has 116 valence electrons. The van der Waals surface area contributed by atoms with Crippen LogP contribution in [0.5, 0.6) is 0 Å². The maximum Gasteiger partial charge on any atom is 0.326 e. The molecular weight excluding hydrogens is 298 g/mol. The van der Waals surface area contributed by atoms with Crippen LogP contribution < -0.4 is 11.0 Å². The molecule has 22 heavy (non-hydrogen) atoms. The molecule has 0 unspecified atom stereocenters. The summed E-state index contributed by atoms with van der Waals surface area (Å²) >= 11 is 0. The Morgan fingerprint density at radius 3 is 2.59 bits per heavy atom. The predicted octanol–water partition coefficient (Wildman–Crippen LogP) is 2.56. The van der Waals surface area contributed by atoms with Gasteiger partial charge in [0.2, 0.25) is 0 Å². The highest BCUT2D eigenvalue weighted by molar-refractivity contribution is 5.85. The average Bonchev–Trinajstić information content (AvgIpc) is 2.83. The highest BCUT2D eigenvalue weighted by Crippen LogP contribution is 2.17. The van der Waals surface area contributed by atoms with E-state index in [1.165, 1.54) is 5.56 Å². The second-order valence-electron chi connectivity index (χ2n) is 5.17. The molecule has 0 spiro atoms. The highest BCUT2D eigenvalue weighted by Gasteiger charge is 2.10. The van der Waals surface area contributed by atoms with Crippen molar-refractivity contribution in [3.63, 3.8) is 0 Å². The Hall–Kier alpha value is -2.04. The van der Waals surface area contributed by atoms with Crippen LogP contribution in [0, 0.1) is 0 Å². The van der Waals surface area contributed by atoms with Crippen LogP contribution in [0.2, 0.25) is 0 Å². The fourth-order valence-corrected chi connectivity index (χ4v) is 2.63. The second kappa shape index (κ2) is 7.29.